The molecule has 1 aliphatic rings. The smallest absolute Gasteiger partial charge is 0.256 e. The summed E-state index contributed by atoms with van der Waals surface area (Å²) in [6.45, 7) is 0. The summed E-state index contributed by atoms with van der Waals surface area (Å²) in [6, 6.07) is 22.0. The normalized spacial score (nSPS) is 13.1. The van der Waals surface area contributed by atoms with E-state index >= 15 is 0 Å². The molecule has 1 amide bonds. The highest BCUT2D eigenvalue weighted by Crippen LogP contribution is 2.31. The number of rotatable bonds is 2. The lowest BCUT2D eigenvalue weighted by molar-refractivity contribution is 0.102. The van der Waals surface area contributed by atoms with E-state index in [1.807, 2.05) is 54.6 Å². The van der Waals surface area contributed by atoms with E-state index < -0.39 is 0 Å². The number of amides is 1. The summed E-state index contributed by atoms with van der Waals surface area (Å²) in [4.78, 5) is 18.1. The zero-order valence-corrected chi connectivity index (χ0v) is 14.3. The van der Waals surface area contributed by atoms with Gasteiger partial charge in [-0.3, -0.25) is 9.78 Å². The minimum Gasteiger partial charge on any atom is -0.321 e. The Morgan fingerprint density at radius 3 is 2.54 bits per heavy atom. The molecule has 0 fully saturated rings. The van der Waals surface area contributed by atoms with Gasteiger partial charge in [-0.15, -0.1) is 0 Å². The SMILES string of the molecule is O=C(Nc1cccc2ccccc12)c1c2c(nc3ccccc13)CCC2. The number of hydrogen-bond donors (Lipinski definition) is 1. The summed E-state index contributed by atoms with van der Waals surface area (Å²) in [7, 11) is 0. The van der Waals surface area contributed by atoms with Gasteiger partial charge in [0.1, 0.15) is 0 Å². The fraction of sp³-hybridized carbons (Fsp3) is 0.130. The van der Waals surface area contributed by atoms with Gasteiger partial charge >= 0.3 is 0 Å². The molecule has 1 heterocycles. The molecule has 1 aromatic heterocycles. The second-order valence-corrected chi connectivity index (χ2v) is 6.76. The van der Waals surface area contributed by atoms with Gasteiger partial charge in [0, 0.05) is 22.2 Å². The van der Waals surface area contributed by atoms with E-state index in [1.165, 1.54) is 0 Å². The highest BCUT2D eigenvalue weighted by Gasteiger charge is 2.24. The quantitative estimate of drug-likeness (QED) is 0.550. The molecule has 1 N–H and O–H groups in total. The number of anilines is 1. The number of para-hydroxylation sites is 1. The molecule has 3 heteroatoms. The molecular weight excluding hydrogens is 320 g/mol. The number of hydrogen-bond acceptors (Lipinski definition) is 2. The minimum atomic E-state index is -0.0434. The minimum absolute atomic E-state index is 0.0434. The van der Waals surface area contributed by atoms with Crippen molar-refractivity contribution in [2.24, 2.45) is 0 Å². The number of aromatic nitrogens is 1. The lowest BCUT2D eigenvalue weighted by Gasteiger charge is -2.14. The third kappa shape index (κ3) is 2.36. The van der Waals surface area contributed by atoms with Crippen LogP contribution < -0.4 is 5.32 Å². The molecule has 3 nitrogen and oxygen atoms in total. The molecule has 0 radical (unpaired) electrons. The van der Waals surface area contributed by atoms with Crippen LogP contribution in [0.15, 0.2) is 66.7 Å². The standard InChI is InChI=1S/C23H18N2O/c26-23(25-19-13-5-8-15-7-1-2-9-16(15)19)22-17-10-3-4-12-20(17)24-21-14-6-11-18(21)22/h1-5,7-10,12-13H,6,11,14H2,(H,25,26). The van der Waals surface area contributed by atoms with Gasteiger partial charge in [-0.1, -0.05) is 54.6 Å². The molecule has 1 aliphatic carbocycles. The number of aryl methyl sites for hydroxylation is 1. The second kappa shape index (κ2) is 5.95. The molecule has 26 heavy (non-hydrogen) atoms. The molecule has 5 rings (SSSR count). The van der Waals surface area contributed by atoms with Crippen LogP contribution in [0, 0.1) is 0 Å². The Morgan fingerprint density at radius 1 is 0.846 bits per heavy atom. The number of nitrogens with one attached hydrogen (secondary N) is 1. The van der Waals surface area contributed by atoms with E-state index in [0.717, 1.165) is 63.4 Å². The van der Waals surface area contributed by atoms with Crippen molar-refractivity contribution >= 4 is 33.3 Å². The Kier molecular flexibility index (Phi) is 3.45. The van der Waals surface area contributed by atoms with E-state index in [-0.39, 0.29) is 5.91 Å². The fourth-order valence-electron chi connectivity index (χ4n) is 3.99. The molecule has 0 spiro atoms. The monoisotopic (exact) mass is 338 g/mol. The summed E-state index contributed by atoms with van der Waals surface area (Å²) in [5, 5.41) is 6.27. The molecule has 0 unspecified atom stereocenters. The van der Waals surface area contributed by atoms with Gasteiger partial charge in [0.05, 0.1) is 11.1 Å². The Hall–Kier alpha value is -3.20. The number of carbonyl (C=O) groups excluding carboxylic acids is 1. The van der Waals surface area contributed by atoms with Gasteiger partial charge in [0.15, 0.2) is 0 Å². The summed E-state index contributed by atoms with van der Waals surface area (Å²) in [5.74, 6) is -0.0434. The molecule has 0 aliphatic heterocycles. The van der Waals surface area contributed by atoms with Crippen LogP contribution in [0.1, 0.15) is 28.0 Å². The number of benzene rings is 3. The first-order chi connectivity index (χ1) is 12.8. The Balaban J connectivity index is 1.65. The zero-order chi connectivity index (χ0) is 17.5. The molecule has 0 saturated heterocycles. The van der Waals surface area contributed by atoms with E-state index in [1.54, 1.807) is 0 Å². The van der Waals surface area contributed by atoms with Crippen LogP contribution in [0.2, 0.25) is 0 Å². The third-order valence-electron chi connectivity index (χ3n) is 5.18. The van der Waals surface area contributed by atoms with Crippen LogP contribution in [-0.4, -0.2) is 10.9 Å². The van der Waals surface area contributed by atoms with Crippen LogP contribution in [0.5, 0.6) is 0 Å². The van der Waals surface area contributed by atoms with Crippen molar-refractivity contribution in [3.8, 4) is 0 Å². The Labute approximate surface area is 151 Å². The van der Waals surface area contributed by atoms with E-state index in [2.05, 4.69) is 17.4 Å². The van der Waals surface area contributed by atoms with Crippen molar-refractivity contribution in [2.75, 3.05) is 5.32 Å². The topological polar surface area (TPSA) is 42.0 Å². The van der Waals surface area contributed by atoms with E-state index in [4.69, 9.17) is 4.98 Å². The number of pyridine rings is 1. The maximum absolute atomic E-state index is 13.3. The van der Waals surface area contributed by atoms with Crippen LogP contribution >= 0.6 is 0 Å². The first kappa shape index (κ1) is 15.1. The molecule has 126 valence electrons. The third-order valence-corrected chi connectivity index (χ3v) is 5.18. The first-order valence-corrected chi connectivity index (χ1v) is 9.01. The number of nitrogens with zero attached hydrogens (tertiary/aromatic N) is 1. The van der Waals surface area contributed by atoms with Gasteiger partial charge in [0.25, 0.3) is 5.91 Å². The largest absolute Gasteiger partial charge is 0.321 e. The van der Waals surface area contributed by atoms with Gasteiger partial charge in [-0.25, -0.2) is 0 Å². The highest BCUT2D eigenvalue weighted by molar-refractivity contribution is 6.16. The molecule has 0 bridgehead atoms. The average Bonchev–Trinajstić information content (AvgIpc) is 3.14. The first-order valence-electron chi connectivity index (χ1n) is 9.01. The maximum Gasteiger partial charge on any atom is 0.256 e. The van der Waals surface area contributed by atoms with Gasteiger partial charge in [0.2, 0.25) is 0 Å². The molecule has 0 saturated carbocycles. The fourth-order valence-corrected chi connectivity index (χ4v) is 3.99. The van der Waals surface area contributed by atoms with Crippen molar-refractivity contribution in [1.29, 1.82) is 0 Å². The summed E-state index contributed by atoms with van der Waals surface area (Å²) in [5.41, 5.74) is 4.72. The van der Waals surface area contributed by atoms with Crippen LogP contribution in [0.3, 0.4) is 0 Å². The predicted octanol–water partition coefficient (Wildman–Crippen LogP) is 5.13. The average molecular weight is 338 g/mol. The van der Waals surface area contributed by atoms with E-state index in [9.17, 15) is 4.79 Å². The van der Waals surface area contributed by atoms with Gasteiger partial charge in [-0.2, -0.15) is 0 Å². The van der Waals surface area contributed by atoms with Crippen molar-refractivity contribution in [3.05, 3.63) is 83.6 Å². The predicted molar refractivity (Wildman–Crippen MR) is 106 cm³/mol. The van der Waals surface area contributed by atoms with Gasteiger partial charge in [-0.05, 0) is 42.3 Å². The second-order valence-electron chi connectivity index (χ2n) is 6.76. The summed E-state index contributed by atoms with van der Waals surface area (Å²) >= 11 is 0. The van der Waals surface area contributed by atoms with Crippen LogP contribution in [0.4, 0.5) is 5.69 Å². The maximum atomic E-state index is 13.3. The summed E-state index contributed by atoms with van der Waals surface area (Å²) in [6.07, 6.45) is 2.94. The summed E-state index contributed by atoms with van der Waals surface area (Å²) < 4.78 is 0. The lowest BCUT2D eigenvalue weighted by atomic mass is 10.00. The molecular formula is C23H18N2O. The van der Waals surface area contributed by atoms with E-state index in [0.29, 0.717) is 0 Å². The number of carbonyl (C=O) groups is 1. The lowest BCUT2D eigenvalue weighted by Crippen LogP contribution is -2.16. The Bertz CT molecular complexity index is 1160. The van der Waals surface area contributed by atoms with Crippen LogP contribution in [0.25, 0.3) is 21.7 Å². The van der Waals surface area contributed by atoms with Crippen molar-refractivity contribution in [3.63, 3.8) is 0 Å². The zero-order valence-electron chi connectivity index (χ0n) is 14.3. The van der Waals surface area contributed by atoms with Crippen molar-refractivity contribution in [1.82, 2.24) is 4.98 Å². The molecule has 4 aromatic rings. The highest BCUT2D eigenvalue weighted by atomic mass is 16.1. The van der Waals surface area contributed by atoms with Crippen molar-refractivity contribution < 1.29 is 4.79 Å². The molecule has 3 aromatic carbocycles. The van der Waals surface area contributed by atoms with Crippen molar-refractivity contribution in [2.45, 2.75) is 19.3 Å². The molecule has 0 atom stereocenters. The Morgan fingerprint density at radius 2 is 1.62 bits per heavy atom. The van der Waals surface area contributed by atoms with Crippen LogP contribution in [-0.2, 0) is 12.8 Å². The van der Waals surface area contributed by atoms with Gasteiger partial charge < -0.3 is 5.32 Å². The number of fused-ring (bicyclic) bond motifs is 3.